The highest BCUT2D eigenvalue weighted by Crippen LogP contribution is 2.28. The number of nitrogens with zero attached hydrogens (tertiary/aromatic N) is 3. The zero-order valence-electron chi connectivity index (χ0n) is 16.9. The molecule has 4 aromatic rings. The quantitative estimate of drug-likeness (QED) is 0.550. The molecular weight excluding hydrogens is 360 g/mol. The first-order valence-corrected chi connectivity index (χ1v) is 9.61. The lowest BCUT2D eigenvalue weighted by atomic mass is 10.1. The molecule has 0 aliphatic carbocycles. The molecule has 0 amide bonds. The van der Waals surface area contributed by atoms with E-state index in [1.165, 1.54) is 0 Å². The van der Waals surface area contributed by atoms with E-state index in [0.717, 1.165) is 28.4 Å². The first-order chi connectivity index (χ1) is 14.0. The molecule has 2 heterocycles. The Kier molecular flexibility index (Phi) is 5.14. The number of aryl methyl sites for hydroxylation is 1. The van der Waals surface area contributed by atoms with E-state index in [0.29, 0.717) is 17.5 Å². The highest BCUT2D eigenvalue weighted by molar-refractivity contribution is 5.85. The summed E-state index contributed by atoms with van der Waals surface area (Å²) in [5.41, 5.74) is 4.35. The summed E-state index contributed by atoms with van der Waals surface area (Å²) in [6.07, 6.45) is 1.69. The van der Waals surface area contributed by atoms with Crippen molar-refractivity contribution < 1.29 is 0 Å². The molecule has 4 rings (SSSR count). The van der Waals surface area contributed by atoms with Crippen molar-refractivity contribution in [2.45, 2.75) is 13.5 Å². The molecule has 1 N–H and O–H groups in total. The van der Waals surface area contributed by atoms with Gasteiger partial charge in [-0.2, -0.15) is 0 Å². The van der Waals surface area contributed by atoms with Gasteiger partial charge in [-0.25, -0.2) is 0 Å². The number of aromatic nitrogens is 2. The van der Waals surface area contributed by atoms with Crippen molar-refractivity contribution in [3.8, 4) is 5.69 Å². The van der Waals surface area contributed by atoms with E-state index in [2.05, 4.69) is 27.0 Å². The van der Waals surface area contributed by atoms with Gasteiger partial charge in [0, 0.05) is 29.8 Å². The normalized spacial score (nSPS) is 11.2. The Balaban J connectivity index is 2.11. The van der Waals surface area contributed by atoms with E-state index in [4.69, 9.17) is 0 Å². The van der Waals surface area contributed by atoms with Crippen molar-refractivity contribution >= 4 is 22.4 Å². The first kappa shape index (κ1) is 18.9. The molecule has 146 valence electrons. The van der Waals surface area contributed by atoms with Gasteiger partial charge in [0.15, 0.2) is 5.43 Å². The molecule has 0 aliphatic heterocycles. The smallest absolute Gasteiger partial charge is 0.197 e. The summed E-state index contributed by atoms with van der Waals surface area (Å²) in [4.78, 5) is 19.8. The molecule has 0 saturated heterocycles. The Morgan fingerprint density at radius 2 is 1.66 bits per heavy atom. The van der Waals surface area contributed by atoms with E-state index < -0.39 is 0 Å². The molecule has 2 aromatic carbocycles. The third-order valence-electron chi connectivity index (χ3n) is 4.81. The van der Waals surface area contributed by atoms with Crippen LogP contribution in [0.5, 0.6) is 0 Å². The van der Waals surface area contributed by atoms with Crippen LogP contribution in [0.3, 0.4) is 0 Å². The lowest BCUT2D eigenvalue weighted by Gasteiger charge is -2.23. The molecule has 0 bridgehead atoms. The van der Waals surface area contributed by atoms with E-state index >= 15 is 0 Å². The number of fused-ring (bicyclic) bond motifs is 1. The Bertz CT molecular complexity index is 1200. The van der Waals surface area contributed by atoms with Crippen molar-refractivity contribution in [3.63, 3.8) is 0 Å². The average molecular weight is 384 g/mol. The summed E-state index contributed by atoms with van der Waals surface area (Å²) in [5, 5.41) is 4.13. The second-order valence-electron chi connectivity index (χ2n) is 7.40. The molecule has 0 unspecified atom stereocenters. The van der Waals surface area contributed by atoms with Crippen molar-refractivity contribution in [1.29, 1.82) is 0 Å². The van der Waals surface area contributed by atoms with Crippen LogP contribution in [0.2, 0.25) is 0 Å². The molecule has 5 nitrogen and oxygen atoms in total. The van der Waals surface area contributed by atoms with E-state index in [9.17, 15) is 4.79 Å². The Labute approximate surface area is 170 Å². The van der Waals surface area contributed by atoms with Crippen LogP contribution >= 0.6 is 0 Å². The minimum atomic E-state index is 0.00631. The number of anilines is 2. The van der Waals surface area contributed by atoms with Gasteiger partial charge in [0.05, 0.1) is 16.5 Å². The predicted octanol–water partition coefficient (Wildman–Crippen LogP) is 4.50. The molecule has 0 radical (unpaired) electrons. The largest absolute Gasteiger partial charge is 0.341 e. The van der Waals surface area contributed by atoms with Gasteiger partial charge in [0.1, 0.15) is 5.82 Å². The lowest BCUT2D eigenvalue weighted by molar-refractivity contribution is 0.401. The van der Waals surface area contributed by atoms with Crippen molar-refractivity contribution in [2.24, 2.45) is 0 Å². The molecule has 0 saturated carbocycles. The van der Waals surface area contributed by atoms with Gasteiger partial charge in [0.25, 0.3) is 0 Å². The molecule has 0 spiro atoms. The van der Waals surface area contributed by atoms with Gasteiger partial charge in [-0.3, -0.25) is 14.3 Å². The van der Waals surface area contributed by atoms with Crippen LogP contribution in [0.4, 0.5) is 11.5 Å². The average Bonchev–Trinajstić information content (AvgIpc) is 2.72. The summed E-state index contributed by atoms with van der Waals surface area (Å²) in [6.45, 7) is 2.46. The van der Waals surface area contributed by atoms with E-state index in [1.54, 1.807) is 6.20 Å². The van der Waals surface area contributed by atoms with Crippen LogP contribution in [-0.2, 0) is 6.54 Å². The number of para-hydroxylation sites is 2. The van der Waals surface area contributed by atoms with Gasteiger partial charge >= 0.3 is 0 Å². The fraction of sp³-hybridized carbons (Fsp3) is 0.167. The zero-order chi connectivity index (χ0) is 20.4. The van der Waals surface area contributed by atoms with Crippen molar-refractivity contribution in [1.82, 2.24) is 14.5 Å². The van der Waals surface area contributed by atoms with Crippen LogP contribution in [0.1, 0.15) is 11.3 Å². The van der Waals surface area contributed by atoms with Gasteiger partial charge in [-0.1, -0.05) is 36.4 Å². The zero-order valence-corrected chi connectivity index (χ0v) is 16.9. The van der Waals surface area contributed by atoms with Gasteiger partial charge in [-0.15, -0.1) is 0 Å². The van der Waals surface area contributed by atoms with Gasteiger partial charge in [-0.05, 0) is 51.4 Å². The van der Waals surface area contributed by atoms with Crippen LogP contribution in [-0.4, -0.2) is 28.5 Å². The van der Waals surface area contributed by atoms with Crippen LogP contribution < -0.4 is 10.7 Å². The monoisotopic (exact) mass is 384 g/mol. The maximum atomic E-state index is 13.4. The second-order valence-corrected chi connectivity index (χ2v) is 7.40. The van der Waals surface area contributed by atoms with Crippen molar-refractivity contribution in [2.75, 3.05) is 19.4 Å². The summed E-state index contributed by atoms with van der Waals surface area (Å²) in [7, 11) is 3.94. The topological polar surface area (TPSA) is 50.2 Å². The molecule has 29 heavy (non-hydrogen) atoms. The highest BCUT2D eigenvalue weighted by Gasteiger charge is 2.19. The highest BCUT2D eigenvalue weighted by atomic mass is 16.1. The summed E-state index contributed by atoms with van der Waals surface area (Å²) in [6, 6.07) is 22.0. The molecule has 2 aromatic heterocycles. The maximum absolute atomic E-state index is 13.4. The van der Waals surface area contributed by atoms with Crippen LogP contribution in [0.15, 0.2) is 77.7 Å². The number of nitrogens with one attached hydrogen (secondary N) is 1. The maximum Gasteiger partial charge on any atom is 0.197 e. The first-order valence-electron chi connectivity index (χ1n) is 9.61. The minimum absolute atomic E-state index is 0.00631. The third-order valence-corrected chi connectivity index (χ3v) is 4.81. The molecule has 5 heteroatoms. The second kappa shape index (κ2) is 7.89. The van der Waals surface area contributed by atoms with Crippen molar-refractivity contribution in [3.05, 3.63) is 94.4 Å². The minimum Gasteiger partial charge on any atom is -0.341 e. The number of rotatable bonds is 5. The summed E-state index contributed by atoms with van der Waals surface area (Å²) in [5.74, 6) is 0.777. The molecule has 0 atom stereocenters. The molecule has 0 fully saturated rings. The Morgan fingerprint density at radius 1 is 1.00 bits per heavy atom. The summed E-state index contributed by atoms with van der Waals surface area (Å²) >= 11 is 0. The van der Waals surface area contributed by atoms with Gasteiger partial charge < -0.3 is 10.2 Å². The molecular formula is C24H24N4O. The van der Waals surface area contributed by atoms with Crippen LogP contribution in [0, 0.1) is 6.92 Å². The fourth-order valence-electron chi connectivity index (χ4n) is 3.53. The predicted molar refractivity (Wildman–Crippen MR) is 119 cm³/mol. The SMILES string of the molecule is Cc1cc2c(cn1)c(=O)c(CN(C)C)c(Nc1ccccc1)n2-c1ccccc1. The number of hydrogen-bond donors (Lipinski definition) is 1. The fourth-order valence-corrected chi connectivity index (χ4v) is 3.53. The summed E-state index contributed by atoms with van der Waals surface area (Å²) < 4.78 is 2.12. The number of pyridine rings is 2. The number of benzene rings is 2. The van der Waals surface area contributed by atoms with Gasteiger partial charge in [0.2, 0.25) is 0 Å². The lowest BCUT2D eigenvalue weighted by Crippen LogP contribution is -2.24. The van der Waals surface area contributed by atoms with E-state index in [1.807, 2.05) is 80.5 Å². The Morgan fingerprint density at radius 3 is 2.31 bits per heavy atom. The van der Waals surface area contributed by atoms with Crippen LogP contribution in [0.25, 0.3) is 16.6 Å². The Hall–Kier alpha value is -3.44. The third kappa shape index (κ3) is 3.77. The standard InChI is InChI=1S/C24H24N4O/c1-17-14-22-20(15-25-17)23(29)21(16-27(2)3)24(26-18-10-6-4-7-11-18)28(22)19-12-8-5-9-13-19/h4-15,26H,16H2,1-3H3. The molecule has 0 aliphatic rings. The number of hydrogen-bond acceptors (Lipinski definition) is 4. The van der Waals surface area contributed by atoms with E-state index in [-0.39, 0.29) is 5.43 Å².